The first-order valence-corrected chi connectivity index (χ1v) is 13.0. The molecule has 3 rings (SSSR count). The molecule has 0 aliphatic rings. The summed E-state index contributed by atoms with van der Waals surface area (Å²) in [6.45, 7) is 6.26. The summed E-state index contributed by atoms with van der Waals surface area (Å²) in [4.78, 5) is 26.1. The fourth-order valence-corrected chi connectivity index (χ4v) is 3.83. The Balaban J connectivity index is 1.69. The smallest absolute Gasteiger partial charge is 0.262 e. The second-order valence-corrected chi connectivity index (χ2v) is 9.91. The molecule has 2 atom stereocenters. The molecule has 7 nitrogen and oxygen atoms in total. The van der Waals surface area contributed by atoms with Gasteiger partial charge in [-0.05, 0) is 48.7 Å². The molecule has 38 heavy (non-hydrogen) atoms. The minimum Gasteiger partial charge on any atom is -0.493 e. The maximum Gasteiger partial charge on any atom is 0.262 e. The number of para-hydroxylation sites is 1. The molecule has 0 spiro atoms. The van der Waals surface area contributed by atoms with Crippen LogP contribution in [-0.4, -0.2) is 36.8 Å². The largest absolute Gasteiger partial charge is 0.493 e. The minimum absolute atomic E-state index is 0.260. The van der Waals surface area contributed by atoms with Crippen LogP contribution in [0.1, 0.15) is 31.9 Å². The van der Waals surface area contributed by atoms with Gasteiger partial charge in [0.1, 0.15) is 17.5 Å². The molecule has 200 valence electrons. The number of nitrogens with one attached hydrogen (secondary N) is 2. The van der Waals surface area contributed by atoms with Crippen molar-refractivity contribution in [3.05, 3.63) is 94.0 Å². The van der Waals surface area contributed by atoms with Crippen molar-refractivity contribution in [2.45, 2.75) is 39.3 Å². The molecule has 3 aromatic rings. The van der Waals surface area contributed by atoms with E-state index in [2.05, 4.69) is 29.7 Å². The third-order valence-corrected chi connectivity index (χ3v) is 5.88. The fraction of sp³-hybridized carbons (Fsp3) is 0.276. The lowest BCUT2D eigenvalue weighted by molar-refractivity contribution is -0.132. The Morgan fingerprint density at radius 1 is 0.921 bits per heavy atom. The topological polar surface area (TPSA) is 89.0 Å². The summed E-state index contributed by atoms with van der Waals surface area (Å²) >= 11 is 12.1. The first-order chi connectivity index (χ1) is 18.2. The van der Waals surface area contributed by atoms with Gasteiger partial charge in [0.05, 0.1) is 17.8 Å². The van der Waals surface area contributed by atoms with Gasteiger partial charge >= 0.3 is 0 Å². The SMILES string of the molecule is CC(C)COc1ccccc1/C=N\NC(=O)[C@@H](Cc1ccccc1)NC(=O)[C@H](C)Oc1ccc(Cl)cc1Cl. The van der Waals surface area contributed by atoms with E-state index in [0.29, 0.717) is 29.0 Å². The van der Waals surface area contributed by atoms with Crippen LogP contribution in [0.25, 0.3) is 0 Å². The standard InChI is InChI=1S/C29H31Cl2N3O4/c1-19(2)18-37-26-12-8-7-11-22(26)17-32-34-29(36)25(15-21-9-5-4-6-10-21)33-28(35)20(3)38-27-14-13-23(30)16-24(27)31/h4-14,16-17,19-20,25H,15,18H2,1-3H3,(H,33,35)(H,34,36)/b32-17-/t20-,25+/m0/s1. The number of hydrogen-bond donors (Lipinski definition) is 2. The Kier molecular flexibility index (Phi) is 11.0. The molecule has 0 heterocycles. The maximum atomic E-state index is 13.1. The number of halogens is 2. The first-order valence-electron chi connectivity index (χ1n) is 12.2. The van der Waals surface area contributed by atoms with Crippen molar-refractivity contribution in [1.82, 2.24) is 10.7 Å². The number of ether oxygens (including phenoxy) is 2. The third kappa shape index (κ3) is 9.08. The van der Waals surface area contributed by atoms with Crippen LogP contribution in [0.2, 0.25) is 10.0 Å². The zero-order valence-corrected chi connectivity index (χ0v) is 23.0. The lowest BCUT2D eigenvalue weighted by Crippen LogP contribution is -2.50. The number of benzene rings is 3. The van der Waals surface area contributed by atoms with E-state index in [1.54, 1.807) is 19.1 Å². The second-order valence-electron chi connectivity index (χ2n) is 9.06. The Morgan fingerprint density at radius 3 is 2.34 bits per heavy atom. The number of rotatable bonds is 12. The van der Waals surface area contributed by atoms with Gasteiger partial charge < -0.3 is 14.8 Å². The van der Waals surface area contributed by atoms with Gasteiger partial charge in [0.15, 0.2) is 6.10 Å². The number of hydrogen-bond acceptors (Lipinski definition) is 5. The highest BCUT2D eigenvalue weighted by molar-refractivity contribution is 6.35. The maximum absolute atomic E-state index is 13.1. The summed E-state index contributed by atoms with van der Waals surface area (Å²) in [5, 5.41) is 7.61. The average Bonchev–Trinajstić information content (AvgIpc) is 2.89. The van der Waals surface area contributed by atoms with Crippen LogP contribution < -0.4 is 20.2 Å². The molecule has 0 saturated carbocycles. The van der Waals surface area contributed by atoms with Crippen LogP contribution in [0.4, 0.5) is 0 Å². The van der Waals surface area contributed by atoms with Crippen molar-refractivity contribution < 1.29 is 19.1 Å². The van der Waals surface area contributed by atoms with E-state index >= 15 is 0 Å². The van der Waals surface area contributed by atoms with E-state index in [1.165, 1.54) is 12.3 Å². The Bertz CT molecular complexity index is 1250. The zero-order chi connectivity index (χ0) is 27.5. The van der Waals surface area contributed by atoms with E-state index in [-0.39, 0.29) is 11.4 Å². The van der Waals surface area contributed by atoms with E-state index in [4.69, 9.17) is 32.7 Å². The molecule has 0 fully saturated rings. The molecule has 0 aliphatic carbocycles. The molecular weight excluding hydrogens is 525 g/mol. The molecule has 0 unspecified atom stereocenters. The lowest BCUT2D eigenvalue weighted by atomic mass is 10.1. The van der Waals surface area contributed by atoms with E-state index < -0.39 is 24.0 Å². The highest BCUT2D eigenvalue weighted by Crippen LogP contribution is 2.28. The fourth-order valence-electron chi connectivity index (χ4n) is 3.38. The van der Waals surface area contributed by atoms with Gasteiger partial charge in [-0.1, -0.05) is 79.5 Å². The highest BCUT2D eigenvalue weighted by atomic mass is 35.5. The molecule has 0 bridgehead atoms. The number of nitrogens with zero attached hydrogens (tertiary/aromatic N) is 1. The molecule has 0 saturated heterocycles. The van der Waals surface area contributed by atoms with Crippen LogP contribution in [0.15, 0.2) is 77.9 Å². The van der Waals surface area contributed by atoms with Crippen LogP contribution >= 0.6 is 23.2 Å². The molecule has 0 aliphatic heterocycles. The minimum atomic E-state index is -0.923. The van der Waals surface area contributed by atoms with E-state index in [9.17, 15) is 9.59 Å². The summed E-state index contributed by atoms with van der Waals surface area (Å²) in [6, 6.07) is 20.6. The highest BCUT2D eigenvalue weighted by Gasteiger charge is 2.25. The summed E-state index contributed by atoms with van der Waals surface area (Å²) in [6.07, 6.45) is 0.855. The van der Waals surface area contributed by atoms with Crippen molar-refractivity contribution in [2.75, 3.05) is 6.61 Å². The van der Waals surface area contributed by atoms with Crippen molar-refractivity contribution in [3.8, 4) is 11.5 Å². The van der Waals surface area contributed by atoms with Gasteiger partial charge in [0, 0.05) is 17.0 Å². The van der Waals surface area contributed by atoms with Gasteiger partial charge in [-0.3, -0.25) is 9.59 Å². The van der Waals surface area contributed by atoms with Crippen molar-refractivity contribution in [2.24, 2.45) is 11.0 Å². The summed E-state index contributed by atoms with van der Waals surface area (Å²) in [5.41, 5.74) is 4.13. The monoisotopic (exact) mass is 555 g/mol. The first kappa shape index (κ1) is 29.0. The van der Waals surface area contributed by atoms with Gasteiger partial charge in [-0.15, -0.1) is 0 Å². The number of hydrazone groups is 1. The van der Waals surface area contributed by atoms with Crippen LogP contribution in [0.5, 0.6) is 11.5 Å². The average molecular weight is 556 g/mol. The number of carbonyl (C=O) groups is 2. The summed E-state index contributed by atoms with van der Waals surface area (Å²) in [5.74, 6) is 0.384. The lowest BCUT2D eigenvalue weighted by Gasteiger charge is -2.21. The van der Waals surface area contributed by atoms with Gasteiger partial charge in [-0.2, -0.15) is 5.10 Å². The van der Waals surface area contributed by atoms with Crippen molar-refractivity contribution >= 4 is 41.2 Å². The van der Waals surface area contributed by atoms with E-state index in [1.807, 2.05) is 54.6 Å². The van der Waals surface area contributed by atoms with Crippen LogP contribution in [0.3, 0.4) is 0 Å². The normalized spacial score (nSPS) is 12.7. The molecular formula is C29H31Cl2N3O4. The summed E-state index contributed by atoms with van der Waals surface area (Å²) in [7, 11) is 0. The molecule has 2 amide bonds. The quantitative estimate of drug-likeness (QED) is 0.222. The predicted molar refractivity (Wildman–Crippen MR) is 151 cm³/mol. The number of amides is 2. The molecule has 0 aromatic heterocycles. The van der Waals surface area contributed by atoms with Crippen molar-refractivity contribution in [1.29, 1.82) is 0 Å². The van der Waals surface area contributed by atoms with Gasteiger partial charge in [0.25, 0.3) is 11.8 Å². The molecule has 9 heteroatoms. The summed E-state index contributed by atoms with van der Waals surface area (Å²) < 4.78 is 11.5. The Morgan fingerprint density at radius 2 is 1.63 bits per heavy atom. The Labute approximate surface area is 233 Å². The molecule has 0 radical (unpaired) electrons. The van der Waals surface area contributed by atoms with Gasteiger partial charge in [-0.25, -0.2) is 5.43 Å². The molecule has 3 aromatic carbocycles. The number of carbonyl (C=O) groups excluding carboxylic acids is 2. The zero-order valence-electron chi connectivity index (χ0n) is 21.5. The van der Waals surface area contributed by atoms with E-state index in [0.717, 1.165) is 11.1 Å². The Hall–Kier alpha value is -3.55. The predicted octanol–water partition coefficient (Wildman–Crippen LogP) is 5.67. The molecule has 2 N–H and O–H groups in total. The van der Waals surface area contributed by atoms with Crippen LogP contribution in [0, 0.1) is 5.92 Å². The third-order valence-electron chi connectivity index (χ3n) is 5.35. The van der Waals surface area contributed by atoms with Gasteiger partial charge in [0.2, 0.25) is 0 Å². The van der Waals surface area contributed by atoms with Crippen LogP contribution in [-0.2, 0) is 16.0 Å². The van der Waals surface area contributed by atoms with Crippen molar-refractivity contribution in [3.63, 3.8) is 0 Å². The second kappa shape index (κ2) is 14.4.